The summed E-state index contributed by atoms with van der Waals surface area (Å²) < 4.78 is 0. The second-order valence-electron chi connectivity index (χ2n) is 4.24. The number of rotatable bonds is 3. The van der Waals surface area contributed by atoms with Crippen molar-refractivity contribution in [2.45, 2.75) is 13.3 Å². The Kier molecular flexibility index (Phi) is 4.96. The van der Waals surface area contributed by atoms with E-state index < -0.39 is 0 Å². The molecule has 0 unspecified atom stereocenters. The molecule has 0 aliphatic carbocycles. The first-order valence-corrected chi connectivity index (χ1v) is 6.36. The predicted molar refractivity (Wildman–Crippen MR) is 77.5 cm³/mol. The number of aryl methyl sites for hydroxylation is 1. The van der Waals surface area contributed by atoms with Gasteiger partial charge in [0.15, 0.2) is 0 Å². The maximum Gasteiger partial charge on any atom is 0.259 e. The molecule has 0 saturated heterocycles. The van der Waals surface area contributed by atoms with Crippen molar-refractivity contribution in [3.8, 4) is 11.8 Å². The number of amides is 1. The van der Waals surface area contributed by atoms with Crippen LogP contribution in [0.5, 0.6) is 0 Å². The summed E-state index contributed by atoms with van der Waals surface area (Å²) in [6, 6.07) is 5.40. The number of aromatic nitrogens is 3. The van der Waals surface area contributed by atoms with E-state index in [0.717, 1.165) is 5.56 Å². The Balaban J connectivity index is 2.27. The minimum Gasteiger partial charge on any atom is -0.395 e. The van der Waals surface area contributed by atoms with E-state index >= 15 is 0 Å². The molecule has 1 amide bonds. The van der Waals surface area contributed by atoms with Crippen LogP contribution in [0, 0.1) is 18.8 Å². The van der Waals surface area contributed by atoms with Crippen LogP contribution in [0.4, 0.5) is 5.95 Å². The fraction of sp³-hybridized carbons (Fsp3) is 0.200. The van der Waals surface area contributed by atoms with Gasteiger partial charge in [-0.2, -0.15) is 5.10 Å². The molecule has 0 bridgehead atoms. The summed E-state index contributed by atoms with van der Waals surface area (Å²) in [5.74, 6) is 5.48. The Bertz CT molecular complexity index is 690. The third-order valence-electron chi connectivity index (χ3n) is 2.59. The number of aliphatic hydroxyl groups is 1. The van der Waals surface area contributed by atoms with Crippen molar-refractivity contribution in [1.82, 2.24) is 15.2 Å². The van der Waals surface area contributed by atoms with Gasteiger partial charge in [0.05, 0.1) is 24.6 Å². The van der Waals surface area contributed by atoms with Crippen molar-refractivity contribution in [3.05, 3.63) is 47.3 Å². The van der Waals surface area contributed by atoms with Gasteiger partial charge in [0, 0.05) is 12.0 Å². The van der Waals surface area contributed by atoms with Crippen LogP contribution >= 0.6 is 0 Å². The third kappa shape index (κ3) is 4.09. The molecule has 6 heteroatoms. The van der Waals surface area contributed by atoms with Crippen molar-refractivity contribution in [2.24, 2.45) is 0 Å². The molecule has 0 aliphatic rings. The summed E-state index contributed by atoms with van der Waals surface area (Å²) in [5, 5.41) is 18.7. The highest BCUT2D eigenvalue weighted by molar-refractivity contribution is 6.05. The zero-order valence-electron chi connectivity index (χ0n) is 11.5. The fourth-order valence-corrected chi connectivity index (χ4v) is 1.64. The average Bonchev–Trinajstić information content (AvgIpc) is 2.50. The molecular formula is C15H14N4O2. The monoisotopic (exact) mass is 282 g/mol. The van der Waals surface area contributed by atoms with Crippen LogP contribution < -0.4 is 5.32 Å². The van der Waals surface area contributed by atoms with Gasteiger partial charge in [0.25, 0.3) is 5.91 Å². The number of hydrogen-bond donors (Lipinski definition) is 2. The van der Waals surface area contributed by atoms with Gasteiger partial charge >= 0.3 is 0 Å². The van der Waals surface area contributed by atoms with Crippen LogP contribution in [0.3, 0.4) is 0 Å². The van der Waals surface area contributed by atoms with Gasteiger partial charge in [-0.15, -0.1) is 5.10 Å². The largest absolute Gasteiger partial charge is 0.395 e. The van der Waals surface area contributed by atoms with Gasteiger partial charge in [-0.1, -0.05) is 23.5 Å². The van der Waals surface area contributed by atoms with E-state index in [-0.39, 0.29) is 18.5 Å². The lowest BCUT2D eigenvalue weighted by Gasteiger charge is -2.06. The van der Waals surface area contributed by atoms with Crippen LogP contribution in [0.15, 0.2) is 30.6 Å². The van der Waals surface area contributed by atoms with Crippen LogP contribution in [0.1, 0.15) is 27.9 Å². The second-order valence-corrected chi connectivity index (χ2v) is 4.24. The molecule has 2 N–H and O–H groups in total. The lowest BCUT2D eigenvalue weighted by atomic mass is 10.0. The Morgan fingerprint density at radius 1 is 1.38 bits per heavy atom. The average molecular weight is 282 g/mol. The number of benzene rings is 1. The van der Waals surface area contributed by atoms with Crippen molar-refractivity contribution >= 4 is 11.9 Å². The molecule has 1 heterocycles. The van der Waals surface area contributed by atoms with Gasteiger partial charge in [-0.25, -0.2) is 4.98 Å². The molecule has 0 fully saturated rings. The topological polar surface area (TPSA) is 88.0 Å². The number of carbonyl (C=O) groups is 1. The van der Waals surface area contributed by atoms with Crippen molar-refractivity contribution < 1.29 is 9.90 Å². The highest BCUT2D eigenvalue weighted by atomic mass is 16.2. The molecule has 0 atom stereocenters. The first kappa shape index (κ1) is 14.6. The van der Waals surface area contributed by atoms with Gasteiger partial charge in [-0.05, 0) is 19.1 Å². The molecule has 1 aromatic heterocycles. The summed E-state index contributed by atoms with van der Waals surface area (Å²) in [4.78, 5) is 16.2. The molecule has 2 rings (SSSR count). The molecule has 0 radical (unpaired) electrons. The number of nitrogens with one attached hydrogen (secondary N) is 1. The minimum absolute atomic E-state index is 0.0100. The van der Waals surface area contributed by atoms with E-state index in [4.69, 9.17) is 5.11 Å². The number of nitrogens with zero attached hydrogens (tertiary/aromatic N) is 3. The fourth-order valence-electron chi connectivity index (χ4n) is 1.64. The highest BCUT2D eigenvalue weighted by Gasteiger charge is 2.12. The predicted octanol–water partition coefficient (Wildman–Crippen LogP) is 1.17. The van der Waals surface area contributed by atoms with E-state index in [1.54, 1.807) is 12.1 Å². The van der Waals surface area contributed by atoms with E-state index in [0.29, 0.717) is 17.5 Å². The van der Waals surface area contributed by atoms with E-state index in [2.05, 4.69) is 32.3 Å². The lowest BCUT2D eigenvalue weighted by molar-refractivity contribution is 0.102. The van der Waals surface area contributed by atoms with Crippen LogP contribution in [-0.4, -0.2) is 32.8 Å². The van der Waals surface area contributed by atoms with E-state index in [1.807, 2.05) is 13.0 Å². The molecule has 106 valence electrons. The summed E-state index contributed by atoms with van der Waals surface area (Å²) in [5.41, 5.74) is 1.98. The summed E-state index contributed by atoms with van der Waals surface area (Å²) in [6.07, 6.45) is 3.23. The van der Waals surface area contributed by atoms with E-state index in [9.17, 15) is 4.79 Å². The van der Waals surface area contributed by atoms with Crippen molar-refractivity contribution in [2.75, 3.05) is 11.9 Å². The molecule has 0 aliphatic heterocycles. The zero-order valence-corrected chi connectivity index (χ0v) is 11.5. The Labute approximate surface area is 122 Å². The quantitative estimate of drug-likeness (QED) is 0.825. The van der Waals surface area contributed by atoms with Gasteiger partial charge in [-0.3, -0.25) is 10.1 Å². The molecule has 6 nitrogen and oxygen atoms in total. The molecule has 21 heavy (non-hydrogen) atoms. The van der Waals surface area contributed by atoms with Crippen molar-refractivity contribution in [1.29, 1.82) is 0 Å². The van der Waals surface area contributed by atoms with Gasteiger partial charge in [0.1, 0.15) is 0 Å². The highest BCUT2D eigenvalue weighted by Crippen LogP contribution is 2.12. The first-order chi connectivity index (χ1) is 10.2. The second kappa shape index (κ2) is 7.12. The Morgan fingerprint density at radius 2 is 2.24 bits per heavy atom. The van der Waals surface area contributed by atoms with Crippen molar-refractivity contribution in [3.63, 3.8) is 0 Å². The number of carbonyl (C=O) groups excluding carboxylic acids is 1. The maximum absolute atomic E-state index is 12.3. The Morgan fingerprint density at radius 3 is 2.95 bits per heavy atom. The molecule has 0 saturated carbocycles. The van der Waals surface area contributed by atoms with Gasteiger partial charge < -0.3 is 5.11 Å². The molecule has 1 aromatic carbocycles. The zero-order chi connectivity index (χ0) is 15.1. The smallest absolute Gasteiger partial charge is 0.259 e. The standard InChI is InChI=1S/C15H14N4O2/c1-11-5-6-12(4-2-3-9-20)13(10-11)14(21)18-15-16-7-8-17-19-15/h5-8,10,20H,3,9H2,1H3,(H,16,18,19,21). The lowest BCUT2D eigenvalue weighted by Crippen LogP contribution is -2.16. The minimum atomic E-state index is -0.347. The maximum atomic E-state index is 12.3. The van der Waals surface area contributed by atoms with Crippen LogP contribution in [0.25, 0.3) is 0 Å². The third-order valence-corrected chi connectivity index (χ3v) is 2.59. The van der Waals surface area contributed by atoms with Crippen LogP contribution in [-0.2, 0) is 0 Å². The SMILES string of the molecule is Cc1ccc(C#CCCO)c(C(=O)Nc2nccnn2)c1. The number of aliphatic hydroxyl groups excluding tert-OH is 1. The van der Waals surface area contributed by atoms with E-state index in [1.165, 1.54) is 12.4 Å². The first-order valence-electron chi connectivity index (χ1n) is 6.36. The number of anilines is 1. The Hall–Kier alpha value is -2.78. The van der Waals surface area contributed by atoms with Crippen LogP contribution in [0.2, 0.25) is 0 Å². The molecule has 2 aromatic rings. The normalized spacial score (nSPS) is 9.62. The summed E-state index contributed by atoms with van der Waals surface area (Å²) in [7, 11) is 0. The molecular weight excluding hydrogens is 268 g/mol. The summed E-state index contributed by atoms with van der Waals surface area (Å²) in [6.45, 7) is 1.88. The van der Waals surface area contributed by atoms with Gasteiger partial charge in [0.2, 0.25) is 5.95 Å². The molecule has 0 spiro atoms. The number of hydrogen-bond acceptors (Lipinski definition) is 5. The summed E-state index contributed by atoms with van der Waals surface area (Å²) >= 11 is 0.